The quantitative estimate of drug-likeness (QED) is 0.719. The summed E-state index contributed by atoms with van der Waals surface area (Å²) in [5.74, 6) is 0.325. The van der Waals surface area contributed by atoms with Crippen LogP contribution in [0.25, 0.3) is 0 Å². The van der Waals surface area contributed by atoms with Gasteiger partial charge < -0.3 is 11.1 Å². The molecule has 3 N–H and O–H groups in total. The van der Waals surface area contributed by atoms with Gasteiger partial charge in [-0.1, -0.05) is 19.9 Å². The van der Waals surface area contributed by atoms with Gasteiger partial charge in [0.1, 0.15) is 0 Å². The molecule has 1 atom stereocenters. The molecule has 0 aliphatic heterocycles. The summed E-state index contributed by atoms with van der Waals surface area (Å²) in [5.41, 5.74) is 5.10. The molecule has 0 aliphatic carbocycles. The van der Waals surface area contributed by atoms with Crippen molar-refractivity contribution < 1.29 is 4.79 Å². The van der Waals surface area contributed by atoms with E-state index in [9.17, 15) is 4.79 Å². The smallest absolute Gasteiger partial charge is 0.217 e. The fourth-order valence-electron chi connectivity index (χ4n) is 1.65. The van der Waals surface area contributed by atoms with Gasteiger partial charge in [-0.3, -0.25) is 4.79 Å². The lowest BCUT2D eigenvalue weighted by atomic mass is 10.0. The van der Waals surface area contributed by atoms with Crippen LogP contribution in [0.5, 0.6) is 0 Å². The molecule has 1 aromatic heterocycles. The first-order chi connectivity index (χ1) is 7.61. The first-order valence-corrected chi connectivity index (χ1v) is 6.54. The standard InChI is InChI=1S/C12H20N2OS/c1-9(2)12(10-5-4-8-16-10)14-7-3-6-11(13)15/h4-5,8-9,12,14H,3,6-7H2,1-2H3,(H2,13,15). The fourth-order valence-corrected chi connectivity index (χ4v) is 2.63. The van der Waals surface area contributed by atoms with Crippen molar-refractivity contribution in [3.05, 3.63) is 22.4 Å². The van der Waals surface area contributed by atoms with Crippen LogP contribution in [-0.2, 0) is 4.79 Å². The number of nitrogens with one attached hydrogen (secondary N) is 1. The SMILES string of the molecule is CC(C)C(NCCCC(N)=O)c1cccs1. The number of primary amides is 1. The molecule has 1 heterocycles. The van der Waals surface area contributed by atoms with E-state index in [2.05, 4.69) is 36.7 Å². The molecule has 0 aromatic carbocycles. The van der Waals surface area contributed by atoms with Crippen LogP contribution in [0, 0.1) is 5.92 Å². The van der Waals surface area contributed by atoms with Crippen LogP contribution in [-0.4, -0.2) is 12.5 Å². The second-order valence-corrected chi connectivity index (χ2v) is 5.24. The summed E-state index contributed by atoms with van der Waals surface area (Å²) in [6.45, 7) is 5.24. The Morgan fingerprint density at radius 3 is 2.81 bits per heavy atom. The first kappa shape index (κ1) is 13.2. The Hall–Kier alpha value is -0.870. The maximum absolute atomic E-state index is 10.6. The summed E-state index contributed by atoms with van der Waals surface area (Å²) in [6, 6.07) is 4.60. The number of hydrogen-bond acceptors (Lipinski definition) is 3. The Balaban J connectivity index is 2.38. The summed E-state index contributed by atoms with van der Waals surface area (Å²) in [6.07, 6.45) is 1.27. The lowest BCUT2D eigenvalue weighted by Gasteiger charge is -2.21. The van der Waals surface area contributed by atoms with Gasteiger partial charge in [-0.05, 0) is 30.3 Å². The van der Waals surface area contributed by atoms with Gasteiger partial charge in [0.15, 0.2) is 0 Å². The van der Waals surface area contributed by atoms with Crippen molar-refractivity contribution in [3.63, 3.8) is 0 Å². The number of hydrogen-bond donors (Lipinski definition) is 2. The predicted octanol–water partition coefficient (Wildman–Crippen LogP) is 2.30. The first-order valence-electron chi connectivity index (χ1n) is 5.66. The van der Waals surface area contributed by atoms with Gasteiger partial charge in [0.05, 0.1) is 0 Å². The van der Waals surface area contributed by atoms with Gasteiger partial charge in [0, 0.05) is 17.3 Å². The Bertz CT molecular complexity index is 309. The molecule has 1 amide bonds. The number of nitrogens with two attached hydrogens (primary N) is 1. The Kier molecular flexibility index (Phi) is 5.49. The molecule has 1 aromatic rings. The molecule has 0 saturated heterocycles. The van der Waals surface area contributed by atoms with E-state index in [4.69, 9.17) is 5.73 Å². The summed E-state index contributed by atoms with van der Waals surface area (Å²) in [4.78, 5) is 12.0. The highest BCUT2D eigenvalue weighted by molar-refractivity contribution is 7.10. The van der Waals surface area contributed by atoms with Crippen LogP contribution in [0.3, 0.4) is 0 Å². The van der Waals surface area contributed by atoms with Crippen LogP contribution in [0.4, 0.5) is 0 Å². The normalized spacial score (nSPS) is 12.9. The van der Waals surface area contributed by atoms with Crippen LogP contribution in [0.15, 0.2) is 17.5 Å². The van der Waals surface area contributed by atoms with E-state index in [0.29, 0.717) is 18.4 Å². The van der Waals surface area contributed by atoms with Gasteiger partial charge in [-0.2, -0.15) is 0 Å². The van der Waals surface area contributed by atoms with E-state index in [-0.39, 0.29) is 5.91 Å². The van der Waals surface area contributed by atoms with Gasteiger partial charge in [0.25, 0.3) is 0 Å². The molecular weight excluding hydrogens is 220 g/mol. The third kappa shape index (κ3) is 4.33. The largest absolute Gasteiger partial charge is 0.370 e. The Morgan fingerprint density at radius 2 is 2.31 bits per heavy atom. The second kappa shape index (κ2) is 6.66. The van der Waals surface area contributed by atoms with Crippen LogP contribution < -0.4 is 11.1 Å². The molecule has 3 nitrogen and oxygen atoms in total. The number of rotatable bonds is 7. The van der Waals surface area contributed by atoms with Crippen molar-refractivity contribution in [1.29, 1.82) is 0 Å². The molecule has 0 bridgehead atoms. The zero-order valence-electron chi connectivity index (χ0n) is 9.90. The van der Waals surface area contributed by atoms with Crippen molar-refractivity contribution in [2.45, 2.75) is 32.7 Å². The van der Waals surface area contributed by atoms with Gasteiger partial charge in [-0.15, -0.1) is 11.3 Å². The molecule has 16 heavy (non-hydrogen) atoms. The summed E-state index contributed by atoms with van der Waals surface area (Å²) >= 11 is 1.77. The van der Waals surface area contributed by atoms with Gasteiger partial charge in [0.2, 0.25) is 5.91 Å². The minimum atomic E-state index is -0.223. The predicted molar refractivity (Wildman–Crippen MR) is 68.3 cm³/mol. The zero-order valence-corrected chi connectivity index (χ0v) is 10.7. The molecule has 0 saturated carbocycles. The van der Waals surface area contributed by atoms with Crippen LogP contribution >= 0.6 is 11.3 Å². The van der Waals surface area contributed by atoms with E-state index in [1.165, 1.54) is 4.88 Å². The average Bonchev–Trinajstić information content (AvgIpc) is 2.69. The molecule has 0 radical (unpaired) electrons. The van der Waals surface area contributed by atoms with E-state index >= 15 is 0 Å². The minimum Gasteiger partial charge on any atom is -0.370 e. The van der Waals surface area contributed by atoms with Crippen LogP contribution in [0.1, 0.15) is 37.6 Å². The molecule has 0 aliphatic rings. The molecule has 0 fully saturated rings. The highest BCUT2D eigenvalue weighted by atomic mass is 32.1. The number of thiophene rings is 1. The lowest BCUT2D eigenvalue weighted by Crippen LogP contribution is -2.26. The van der Waals surface area contributed by atoms with E-state index < -0.39 is 0 Å². The monoisotopic (exact) mass is 240 g/mol. The lowest BCUT2D eigenvalue weighted by molar-refractivity contribution is -0.118. The third-order valence-electron chi connectivity index (χ3n) is 2.48. The highest BCUT2D eigenvalue weighted by Crippen LogP contribution is 2.25. The van der Waals surface area contributed by atoms with Gasteiger partial charge in [-0.25, -0.2) is 0 Å². The second-order valence-electron chi connectivity index (χ2n) is 4.26. The number of carbonyl (C=O) groups is 1. The molecule has 0 spiro atoms. The molecular formula is C12H20N2OS. The Labute approximate surface area is 101 Å². The average molecular weight is 240 g/mol. The van der Waals surface area contributed by atoms with E-state index in [1.807, 2.05) is 0 Å². The highest BCUT2D eigenvalue weighted by Gasteiger charge is 2.15. The molecule has 1 rings (SSSR count). The summed E-state index contributed by atoms with van der Waals surface area (Å²) < 4.78 is 0. The summed E-state index contributed by atoms with van der Waals surface area (Å²) in [7, 11) is 0. The van der Waals surface area contributed by atoms with Crippen molar-refractivity contribution in [3.8, 4) is 0 Å². The summed E-state index contributed by atoms with van der Waals surface area (Å²) in [5, 5.41) is 5.57. The molecule has 1 unspecified atom stereocenters. The van der Waals surface area contributed by atoms with E-state index in [1.54, 1.807) is 11.3 Å². The fraction of sp³-hybridized carbons (Fsp3) is 0.583. The van der Waals surface area contributed by atoms with Crippen molar-refractivity contribution in [2.24, 2.45) is 11.7 Å². The number of amides is 1. The van der Waals surface area contributed by atoms with Crippen LogP contribution in [0.2, 0.25) is 0 Å². The van der Waals surface area contributed by atoms with Crippen molar-refractivity contribution in [2.75, 3.05) is 6.54 Å². The maximum Gasteiger partial charge on any atom is 0.217 e. The Morgan fingerprint density at radius 1 is 1.56 bits per heavy atom. The number of carbonyl (C=O) groups excluding carboxylic acids is 1. The van der Waals surface area contributed by atoms with E-state index in [0.717, 1.165) is 13.0 Å². The van der Waals surface area contributed by atoms with Gasteiger partial charge >= 0.3 is 0 Å². The third-order valence-corrected chi connectivity index (χ3v) is 3.44. The minimum absolute atomic E-state index is 0.223. The maximum atomic E-state index is 10.6. The molecule has 90 valence electrons. The van der Waals surface area contributed by atoms with Crippen molar-refractivity contribution in [1.82, 2.24) is 5.32 Å². The topological polar surface area (TPSA) is 55.1 Å². The van der Waals surface area contributed by atoms with Crippen molar-refractivity contribution >= 4 is 17.2 Å². The molecule has 4 heteroatoms. The zero-order chi connectivity index (χ0) is 12.0.